The first-order valence-electron chi connectivity index (χ1n) is 11.3. The van der Waals surface area contributed by atoms with Crippen molar-refractivity contribution in [3.63, 3.8) is 0 Å². The van der Waals surface area contributed by atoms with E-state index in [0.29, 0.717) is 48.5 Å². The van der Waals surface area contributed by atoms with Crippen LogP contribution in [0.3, 0.4) is 0 Å². The fourth-order valence-electron chi connectivity index (χ4n) is 4.65. The van der Waals surface area contributed by atoms with E-state index in [1.807, 2.05) is 24.3 Å². The molecule has 1 aromatic heterocycles. The van der Waals surface area contributed by atoms with E-state index >= 15 is 0 Å². The number of nitrogens with zero attached hydrogens (tertiary/aromatic N) is 1. The average Bonchev–Trinajstić information content (AvgIpc) is 3.31. The summed E-state index contributed by atoms with van der Waals surface area (Å²) in [6.07, 6.45) is 2.34. The molecule has 1 saturated carbocycles. The van der Waals surface area contributed by atoms with Gasteiger partial charge < -0.3 is 26.2 Å². The number of phenolic OH excluding ortho intramolecular Hbond substituents is 1. The Balaban J connectivity index is 1.12. The number of benzene rings is 2. The van der Waals surface area contributed by atoms with E-state index in [1.165, 1.54) is 0 Å². The average molecular weight is 445 g/mol. The first-order valence-corrected chi connectivity index (χ1v) is 11.3. The van der Waals surface area contributed by atoms with Crippen LogP contribution in [0, 0.1) is 17.8 Å². The summed E-state index contributed by atoms with van der Waals surface area (Å²) in [5, 5.41) is 16.5. The van der Waals surface area contributed by atoms with Gasteiger partial charge in [-0.3, -0.25) is 4.79 Å². The van der Waals surface area contributed by atoms with Crippen molar-refractivity contribution in [2.45, 2.75) is 13.0 Å². The topological polar surface area (TPSA) is 110 Å². The first-order chi connectivity index (χ1) is 16.1. The summed E-state index contributed by atoms with van der Waals surface area (Å²) in [5.41, 5.74) is 9.63. The number of phenols is 1. The number of nitrogens with one attached hydrogen (secondary N) is 2. The standard InChI is InChI=1S/C26H28N4O3/c27-25-23(11-18(13-29-25)19-3-1-2-4-22(19)31)33-10-9-16-5-7-17(8-6-16)12-30-26(32)24-20-14-28-15-21(20)24/h1-8,11,13,20-21,24,28,31H,9-10,12,14-15H2,(H2,27,29)(H,30,32)/t20-,21+,24+. The van der Waals surface area contributed by atoms with E-state index in [2.05, 4.69) is 27.8 Å². The lowest BCUT2D eigenvalue weighted by Crippen LogP contribution is -2.29. The highest BCUT2D eigenvalue weighted by molar-refractivity contribution is 5.82. The Morgan fingerprint density at radius 3 is 2.61 bits per heavy atom. The molecule has 0 bridgehead atoms. The molecule has 2 aliphatic rings. The molecule has 170 valence electrons. The predicted octanol–water partition coefficient (Wildman–Crippen LogP) is 2.74. The molecule has 7 heteroatoms. The van der Waals surface area contributed by atoms with E-state index in [4.69, 9.17) is 10.5 Å². The summed E-state index contributed by atoms with van der Waals surface area (Å²) in [6, 6.07) is 17.1. The lowest BCUT2D eigenvalue weighted by atomic mass is 10.1. The molecule has 1 aliphatic heterocycles. The number of hydrogen-bond donors (Lipinski definition) is 4. The van der Waals surface area contributed by atoms with Crippen molar-refractivity contribution in [1.82, 2.24) is 15.6 Å². The molecular weight excluding hydrogens is 416 g/mol. The zero-order valence-electron chi connectivity index (χ0n) is 18.3. The maximum Gasteiger partial charge on any atom is 0.224 e. The summed E-state index contributed by atoms with van der Waals surface area (Å²) in [5.74, 6) is 2.45. The number of para-hydroxylation sites is 1. The van der Waals surface area contributed by atoms with E-state index in [-0.39, 0.29) is 17.6 Å². The van der Waals surface area contributed by atoms with Crippen LogP contribution in [-0.4, -0.2) is 35.7 Å². The van der Waals surface area contributed by atoms with Gasteiger partial charge >= 0.3 is 0 Å². The van der Waals surface area contributed by atoms with Crippen LogP contribution in [0.2, 0.25) is 0 Å². The van der Waals surface area contributed by atoms with Crippen LogP contribution in [0.25, 0.3) is 11.1 Å². The van der Waals surface area contributed by atoms with Gasteiger partial charge in [-0.15, -0.1) is 0 Å². The van der Waals surface area contributed by atoms with E-state index in [9.17, 15) is 9.90 Å². The number of rotatable bonds is 8. The second kappa shape index (κ2) is 9.11. The Labute approximate surface area is 193 Å². The molecular formula is C26H28N4O3. The Hall–Kier alpha value is -3.58. The second-order valence-corrected chi connectivity index (χ2v) is 8.77. The van der Waals surface area contributed by atoms with E-state index < -0.39 is 0 Å². The SMILES string of the molecule is Nc1ncc(-c2ccccc2O)cc1OCCc1ccc(CNC(=O)[C@H]2[C@@H]3CNC[C@@H]32)cc1. The molecule has 1 saturated heterocycles. The van der Waals surface area contributed by atoms with Crippen LogP contribution in [-0.2, 0) is 17.8 Å². The van der Waals surface area contributed by atoms with Gasteiger partial charge in [-0.05, 0) is 48.2 Å². The fraction of sp³-hybridized carbons (Fsp3) is 0.308. The van der Waals surface area contributed by atoms with Crippen molar-refractivity contribution in [2.24, 2.45) is 17.8 Å². The van der Waals surface area contributed by atoms with Gasteiger partial charge in [0.05, 0.1) is 6.61 Å². The number of nitrogen functional groups attached to an aromatic ring is 1. The number of fused-ring (bicyclic) bond motifs is 1. The summed E-state index contributed by atoms with van der Waals surface area (Å²) in [6.45, 7) is 2.95. The van der Waals surface area contributed by atoms with Gasteiger partial charge in [0.15, 0.2) is 11.6 Å². The number of hydrogen-bond acceptors (Lipinski definition) is 6. The maximum absolute atomic E-state index is 12.3. The third kappa shape index (κ3) is 4.64. The zero-order chi connectivity index (χ0) is 22.8. The van der Waals surface area contributed by atoms with Crippen molar-refractivity contribution >= 4 is 11.7 Å². The monoisotopic (exact) mass is 444 g/mol. The van der Waals surface area contributed by atoms with Crippen LogP contribution in [0.1, 0.15) is 11.1 Å². The molecule has 7 nitrogen and oxygen atoms in total. The normalized spacial score (nSPS) is 20.8. The Morgan fingerprint density at radius 2 is 1.85 bits per heavy atom. The number of anilines is 1. The second-order valence-electron chi connectivity index (χ2n) is 8.77. The highest BCUT2D eigenvalue weighted by Gasteiger charge is 2.56. The van der Waals surface area contributed by atoms with Gasteiger partial charge in [0.2, 0.25) is 5.91 Å². The molecule has 0 unspecified atom stereocenters. The number of carbonyl (C=O) groups is 1. The molecule has 0 radical (unpaired) electrons. The Kier molecular flexibility index (Phi) is 5.88. The van der Waals surface area contributed by atoms with Crippen LogP contribution in [0.4, 0.5) is 5.82 Å². The van der Waals surface area contributed by atoms with Gasteiger partial charge in [0.1, 0.15) is 5.75 Å². The van der Waals surface area contributed by atoms with E-state index in [0.717, 1.165) is 29.8 Å². The molecule has 5 N–H and O–H groups in total. The lowest BCUT2D eigenvalue weighted by molar-refractivity contribution is -0.123. The van der Waals surface area contributed by atoms with Gasteiger partial charge in [-0.2, -0.15) is 0 Å². The summed E-state index contributed by atoms with van der Waals surface area (Å²) < 4.78 is 5.89. The summed E-state index contributed by atoms with van der Waals surface area (Å²) >= 11 is 0. The fourth-order valence-corrected chi connectivity index (χ4v) is 4.65. The Morgan fingerprint density at radius 1 is 1.12 bits per heavy atom. The molecule has 3 atom stereocenters. The molecule has 1 amide bonds. The number of amides is 1. The maximum atomic E-state index is 12.3. The molecule has 2 fully saturated rings. The van der Waals surface area contributed by atoms with E-state index in [1.54, 1.807) is 24.4 Å². The van der Waals surface area contributed by atoms with Gasteiger partial charge in [0.25, 0.3) is 0 Å². The highest BCUT2D eigenvalue weighted by atomic mass is 16.5. The van der Waals surface area contributed by atoms with Crippen LogP contribution in [0.5, 0.6) is 11.5 Å². The van der Waals surface area contributed by atoms with Crippen LogP contribution in [0.15, 0.2) is 60.8 Å². The van der Waals surface area contributed by atoms with Crippen LogP contribution >= 0.6 is 0 Å². The predicted molar refractivity (Wildman–Crippen MR) is 127 cm³/mol. The van der Waals surface area contributed by atoms with Crippen LogP contribution < -0.4 is 21.1 Å². The number of piperidine rings is 1. The van der Waals surface area contributed by atoms with Crippen molar-refractivity contribution in [1.29, 1.82) is 0 Å². The molecule has 2 heterocycles. The lowest BCUT2D eigenvalue weighted by Gasteiger charge is -2.11. The smallest absolute Gasteiger partial charge is 0.224 e. The summed E-state index contributed by atoms with van der Waals surface area (Å²) in [4.78, 5) is 16.5. The quantitative estimate of drug-likeness (QED) is 0.425. The molecule has 3 aromatic rings. The minimum atomic E-state index is 0.182. The zero-order valence-corrected chi connectivity index (χ0v) is 18.3. The molecule has 2 aromatic carbocycles. The minimum absolute atomic E-state index is 0.182. The number of nitrogens with two attached hydrogens (primary N) is 1. The third-order valence-corrected chi connectivity index (χ3v) is 6.63. The number of aromatic nitrogens is 1. The van der Waals surface area contributed by atoms with Gasteiger partial charge in [-0.1, -0.05) is 42.5 Å². The number of aromatic hydroxyl groups is 1. The molecule has 0 spiro atoms. The minimum Gasteiger partial charge on any atom is -0.507 e. The van der Waals surface area contributed by atoms with Crippen molar-refractivity contribution < 1.29 is 14.6 Å². The van der Waals surface area contributed by atoms with Gasteiger partial charge in [0, 0.05) is 36.2 Å². The number of ether oxygens (including phenoxy) is 1. The number of carbonyl (C=O) groups excluding carboxylic acids is 1. The molecule has 1 aliphatic carbocycles. The van der Waals surface area contributed by atoms with Crippen molar-refractivity contribution in [2.75, 3.05) is 25.4 Å². The Bertz CT molecular complexity index is 1140. The summed E-state index contributed by atoms with van der Waals surface area (Å²) in [7, 11) is 0. The first kappa shape index (κ1) is 21.3. The largest absolute Gasteiger partial charge is 0.507 e. The highest BCUT2D eigenvalue weighted by Crippen LogP contribution is 2.48. The molecule has 5 rings (SSSR count). The molecule has 33 heavy (non-hydrogen) atoms. The van der Waals surface area contributed by atoms with Crippen molar-refractivity contribution in [3.8, 4) is 22.6 Å². The number of pyridine rings is 1. The van der Waals surface area contributed by atoms with Gasteiger partial charge in [-0.25, -0.2) is 4.98 Å². The van der Waals surface area contributed by atoms with Crippen molar-refractivity contribution in [3.05, 3.63) is 71.9 Å². The third-order valence-electron chi connectivity index (χ3n) is 6.63.